The van der Waals surface area contributed by atoms with Gasteiger partial charge in [0.15, 0.2) is 11.9 Å². The molecule has 0 spiro atoms. The van der Waals surface area contributed by atoms with E-state index in [9.17, 15) is 14.5 Å². The highest BCUT2D eigenvalue weighted by Crippen LogP contribution is 2.36. The van der Waals surface area contributed by atoms with Gasteiger partial charge in [-0.1, -0.05) is 0 Å². The zero-order valence-electron chi connectivity index (χ0n) is 12.6. The summed E-state index contributed by atoms with van der Waals surface area (Å²) in [6.45, 7) is -0.875. The highest BCUT2D eigenvalue weighted by Gasteiger charge is 2.39. The average molecular weight is 391 g/mol. The summed E-state index contributed by atoms with van der Waals surface area (Å²) in [5, 5.41) is 44.5. The van der Waals surface area contributed by atoms with Crippen LogP contribution in [-0.4, -0.2) is 83.2 Å². The van der Waals surface area contributed by atoms with Crippen LogP contribution in [0, 0.1) is 0 Å². The van der Waals surface area contributed by atoms with Crippen molar-refractivity contribution in [3.63, 3.8) is 0 Å². The van der Waals surface area contributed by atoms with Gasteiger partial charge in [-0.3, -0.25) is 4.52 Å². The number of phenolic OH excluding ortho intramolecular Hbond substituents is 2. The molecule has 2 rings (SSSR count). The predicted molar refractivity (Wildman–Crippen MR) is 81.7 cm³/mol. The van der Waals surface area contributed by atoms with Crippen molar-refractivity contribution in [2.75, 3.05) is 6.61 Å². The van der Waals surface area contributed by atoms with Gasteiger partial charge in [0.25, 0.3) is 0 Å². The highest BCUT2D eigenvalue weighted by molar-refractivity contribution is 7.46. The quantitative estimate of drug-likeness (QED) is 0.150. The fourth-order valence-corrected chi connectivity index (χ4v) is 1.79. The molecule has 25 heavy (non-hydrogen) atoms. The Morgan fingerprint density at radius 1 is 1.08 bits per heavy atom. The summed E-state index contributed by atoms with van der Waals surface area (Å²) in [6, 6.07) is 5.70. The van der Waals surface area contributed by atoms with Crippen molar-refractivity contribution in [1.82, 2.24) is 0 Å². The molecule has 1 aliphatic heterocycles. The van der Waals surface area contributed by atoms with E-state index in [0.29, 0.717) is 0 Å². The summed E-state index contributed by atoms with van der Waals surface area (Å²) in [5.41, 5.74) is 0. The molecule has 1 heterocycles. The van der Waals surface area contributed by atoms with Crippen LogP contribution in [0.4, 0.5) is 0 Å². The highest BCUT2D eigenvalue weighted by atomic mass is 31.2. The van der Waals surface area contributed by atoms with Gasteiger partial charge >= 0.3 is 13.8 Å². The van der Waals surface area contributed by atoms with E-state index < -0.39 is 44.1 Å². The third kappa shape index (κ3) is 7.92. The molecule has 13 heteroatoms. The number of benzene rings is 1. The number of carbonyl (C=O) groups is 1. The maximum Gasteiger partial charge on any atom is 0.469 e. The number of aliphatic hydroxyl groups is 3. The van der Waals surface area contributed by atoms with Crippen molar-refractivity contribution < 1.29 is 53.9 Å². The molecule has 1 aliphatic rings. The second kappa shape index (κ2) is 9.82. The minimum Gasteiger partial charge on any atom is -0.508 e. The molecule has 7 N–H and O–H groups in total. The molecule has 0 amide bonds. The maximum atomic E-state index is 10.7. The fraction of sp³-hybridized carbons (Fsp3) is 0.250. The molecule has 0 saturated carbocycles. The van der Waals surface area contributed by atoms with Gasteiger partial charge < -0.3 is 40.1 Å². The summed E-state index contributed by atoms with van der Waals surface area (Å²) in [4.78, 5) is 27.4. The van der Waals surface area contributed by atoms with E-state index in [1.807, 2.05) is 0 Å². The lowest BCUT2D eigenvalue weighted by atomic mass is 10.2. The Kier molecular flexibility index (Phi) is 9.22. The van der Waals surface area contributed by atoms with Gasteiger partial charge in [0, 0.05) is 23.1 Å². The molecule has 136 valence electrons. The van der Waals surface area contributed by atoms with E-state index in [0.717, 1.165) is 0 Å². The zero-order chi connectivity index (χ0) is 18.5. The molecule has 1 aromatic rings. The summed E-state index contributed by atoms with van der Waals surface area (Å²) in [7, 11) is -4.77. The molecular formula is C12H15MgO11P. The number of esters is 1. The topological polar surface area (TPSA) is 194 Å². The van der Waals surface area contributed by atoms with Crippen LogP contribution in [0.3, 0.4) is 0 Å². The minimum absolute atomic E-state index is 0. The van der Waals surface area contributed by atoms with E-state index in [1.165, 1.54) is 24.3 Å². The first-order valence-electron chi connectivity index (χ1n) is 6.20. The van der Waals surface area contributed by atoms with Crippen molar-refractivity contribution in [3.8, 4) is 11.5 Å². The van der Waals surface area contributed by atoms with Crippen LogP contribution < -0.4 is 0 Å². The second-order valence-corrected chi connectivity index (χ2v) is 5.67. The number of rotatable bonds is 4. The number of carbonyl (C=O) groups excluding carboxylic acids is 1. The normalized spacial score (nSPS) is 17.9. The summed E-state index contributed by atoms with van der Waals surface area (Å²) in [5.74, 6) is -2.87. The first-order valence-corrected chi connectivity index (χ1v) is 7.73. The second-order valence-electron chi connectivity index (χ2n) is 4.43. The number of cyclic esters (lactones) is 1. The molecule has 0 saturated heterocycles. The van der Waals surface area contributed by atoms with Gasteiger partial charge in [-0.25, -0.2) is 9.36 Å². The number of phenols is 2. The van der Waals surface area contributed by atoms with Crippen molar-refractivity contribution >= 4 is 36.8 Å². The van der Waals surface area contributed by atoms with Gasteiger partial charge in [-0.05, 0) is 24.3 Å². The van der Waals surface area contributed by atoms with E-state index >= 15 is 0 Å². The molecule has 0 aliphatic carbocycles. The Labute approximate surface area is 157 Å². The van der Waals surface area contributed by atoms with Gasteiger partial charge in [-0.15, -0.1) is 0 Å². The lowest BCUT2D eigenvalue weighted by molar-refractivity contribution is -0.147. The predicted octanol–water partition coefficient (Wildman–Crippen LogP) is -0.573. The van der Waals surface area contributed by atoms with E-state index in [1.54, 1.807) is 0 Å². The van der Waals surface area contributed by atoms with Crippen LogP contribution >= 0.6 is 7.82 Å². The third-order valence-corrected chi connectivity index (χ3v) is 3.04. The van der Waals surface area contributed by atoms with Crippen LogP contribution in [0.15, 0.2) is 35.8 Å². The van der Waals surface area contributed by atoms with E-state index in [4.69, 9.17) is 30.2 Å². The largest absolute Gasteiger partial charge is 0.508 e. The Morgan fingerprint density at radius 3 is 1.84 bits per heavy atom. The number of phosphoric ester groups is 1. The smallest absolute Gasteiger partial charge is 0.469 e. The van der Waals surface area contributed by atoms with Crippen LogP contribution in [0.1, 0.15) is 0 Å². The van der Waals surface area contributed by atoms with Crippen LogP contribution in [-0.2, 0) is 18.6 Å². The number of aliphatic hydroxyl groups excluding tert-OH is 3. The Balaban J connectivity index is 0.000000540. The summed E-state index contributed by atoms with van der Waals surface area (Å²) >= 11 is 0. The molecule has 0 fully saturated rings. The van der Waals surface area contributed by atoms with Crippen LogP contribution in [0.5, 0.6) is 11.5 Å². The van der Waals surface area contributed by atoms with Crippen molar-refractivity contribution in [3.05, 3.63) is 35.8 Å². The first-order chi connectivity index (χ1) is 11.0. The molecule has 2 radical (unpaired) electrons. The number of ether oxygens (including phenoxy) is 1. The lowest BCUT2D eigenvalue weighted by Gasteiger charge is -2.17. The monoisotopic (exact) mass is 390 g/mol. The molecule has 11 nitrogen and oxygen atoms in total. The fourth-order valence-electron chi connectivity index (χ4n) is 1.44. The molecule has 0 aromatic heterocycles. The standard InChI is InChI=1S/C6H9O9P.C6H6O2.Mg/c7-2(1-14-16(11,12)13)5-3(8)4(9)6(10)15-5;7-5-1-2-6(8)4-3-5;/h2,5,7-9H,1H2,(H2,11,12,13);1-4,7-8H;/t2-,5+;;/m0../s1. The van der Waals surface area contributed by atoms with Crippen LogP contribution in [0.2, 0.25) is 0 Å². The van der Waals surface area contributed by atoms with Gasteiger partial charge in [-0.2, -0.15) is 0 Å². The minimum atomic E-state index is -4.77. The summed E-state index contributed by atoms with van der Waals surface area (Å²) in [6.07, 6.45) is -3.31. The molecule has 0 bridgehead atoms. The Hall–Kier alpha value is -1.53. The summed E-state index contributed by atoms with van der Waals surface area (Å²) < 4.78 is 18.5. The number of aromatic hydroxyl groups is 2. The van der Waals surface area contributed by atoms with Gasteiger partial charge in [0.2, 0.25) is 5.76 Å². The van der Waals surface area contributed by atoms with Crippen molar-refractivity contribution in [1.29, 1.82) is 0 Å². The van der Waals surface area contributed by atoms with Gasteiger partial charge in [0.05, 0.1) is 6.61 Å². The molecule has 1 aromatic carbocycles. The molecule has 2 atom stereocenters. The zero-order valence-corrected chi connectivity index (χ0v) is 14.9. The van der Waals surface area contributed by atoms with Gasteiger partial charge in [0.1, 0.15) is 17.6 Å². The van der Waals surface area contributed by atoms with Crippen molar-refractivity contribution in [2.45, 2.75) is 12.2 Å². The molecule has 0 unspecified atom stereocenters. The SMILES string of the molecule is O=C1O[C@H]([C@@H](O)COP(=O)(O)O)C(O)=C1O.Oc1ccc(O)cc1.[Mg]. The maximum absolute atomic E-state index is 10.7. The van der Waals surface area contributed by atoms with Crippen molar-refractivity contribution in [2.24, 2.45) is 0 Å². The number of hydrogen-bond acceptors (Lipinski definition) is 9. The third-order valence-electron chi connectivity index (χ3n) is 2.55. The number of hydrogen-bond donors (Lipinski definition) is 7. The molecular weight excluding hydrogens is 375 g/mol. The van der Waals surface area contributed by atoms with Crippen LogP contribution in [0.25, 0.3) is 0 Å². The average Bonchev–Trinajstić information content (AvgIpc) is 2.75. The number of phosphoric acid groups is 1. The Bertz CT molecular complexity index is 633. The van der Waals surface area contributed by atoms with E-state index in [-0.39, 0.29) is 34.6 Å². The van der Waals surface area contributed by atoms with E-state index in [2.05, 4.69) is 9.26 Å². The lowest BCUT2D eigenvalue weighted by Crippen LogP contribution is -2.32. The first kappa shape index (κ1) is 23.5. The Morgan fingerprint density at radius 2 is 1.52 bits per heavy atom.